The SMILES string of the molecule is O=C(OC1CCCCC1)c1ccc(NCC(O)Cn2c(-c3ccccc3)nc3ccccc3c2=O)cc1. The Bertz CT molecular complexity index is 1410. The first-order chi connectivity index (χ1) is 18.1. The second kappa shape index (κ2) is 11.4. The molecule has 1 aliphatic carbocycles. The highest BCUT2D eigenvalue weighted by Gasteiger charge is 2.19. The number of carbonyl (C=O) groups is 1. The van der Waals surface area contributed by atoms with Crippen molar-refractivity contribution in [3.63, 3.8) is 0 Å². The van der Waals surface area contributed by atoms with Crippen LogP contribution in [0.5, 0.6) is 0 Å². The number of nitrogens with one attached hydrogen (secondary N) is 1. The third-order valence-electron chi connectivity index (χ3n) is 6.78. The Hall–Kier alpha value is -3.97. The molecule has 1 atom stereocenters. The summed E-state index contributed by atoms with van der Waals surface area (Å²) in [5.41, 5.74) is 2.52. The number of rotatable bonds is 8. The molecule has 1 unspecified atom stereocenters. The zero-order valence-electron chi connectivity index (χ0n) is 20.7. The van der Waals surface area contributed by atoms with Crippen molar-refractivity contribution < 1.29 is 14.6 Å². The fraction of sp³-hybridized carbons (Fsp3) is 0.300. The Morgan fingerprint density at radius 1 is 0.973 bits per heavy atom. The number of benzene rings is 3. The molecule has 2 N–H and O–H groups in total. The number of ether oxygens (including phenoxy) is 1. The summed E-state index contributed by atoms with van der Waals surface area (Å²) >= 11 is 0. The third-order valence-corrected chi connectivity index (χ3v) is 6.78. The maximum Gasteiger partial charge on any atom is 0.338 e. The standard InChI is InChI=1S/C30H31N3O4/c34-24(19-31-23-17-15-22(16-18-23)30(36)37-25-11-5-2-6-12-25)20-33-28(21-9-3-1-4-10-21)32-27-14-8-7-13-26(27)29(33)35/h1,3-4,7-10,13-18,24-25,31,34H,2,5-6,11-12,19-20H2. The predicted molar refractivity (Wildman–Crippen MR) is 145 cm³/mol. The van der Waals surface area contributed by atoms with Gasteiger partial charge in [-0.25, -0.2) is 9.78 Å². The minimum Gasteiger partial charge on any atom is -0.459 e. The first kappa shape index (κ1) is 24.7. The smallest absolute Gasteiger partial charge is 0.338 e. The van der Waals surface area contributed by atoms with Gasteiger partial charge in [-0.05, 0) is 62.1 Å². The second-order valence-electron chi connectivity index (χ2n) is 9.51. The number of aliphatic hydroxyl groups excluding tert-OH is 1. The van der Waals surface area contributed by atoms with Crippen LogP contribution in [0.3, 0.4) is 0 Å². The van der Waals surface area contributed by atoms with Crippen molar-refractivity contribution >= 4 is 22.6 Å². The van der Waals surface area contributed by atoms with Crippen molar-refractivity contribution in [1.29, 1.82) is 0 Å². The van der Waals surface area contributed by atoms with Crippen LogP contribution in [-0.4, -0.2) is 39.4 Å². The number of hydrogen-bond acceptors (Lipinski definition) is 6. The zero-order valence-corrected chi connectivity index (χ0v) is 20.7. The average Bonchev–Trinajstić information content (AvgIpc) is 2.94. The number of aromatic nitrogens is 2. The van der Waals surface area contributed by atoms with Crippen molar-refractivity contribution in [3.8, 4) is 11.4 Å². The van der Waals surface area contributed by atoms with Crippen LogP contribution < -0.4 is 10.9 Å². The number of esters is 1. The Kier molecular flexibility index (Phi) is 7.61. The van der Waals surface area contributed by atoms with Gasteiger partial charge in [-0.1, -0.05) is 48.9 Å². The van der Waals surface area contributed by atoms with Crippen LogP contribution >= 0.6 is 0 Å². The predicted octanol–water partition coefficient (Wildman–Crippen LogP) is 5.03. The number of aliphatic hydroxyl groups is 1. The van der Waals surface area contributed by atoms with Gasteiger partial charge in [0.05, 0.1) is 29.1 Å². The van der Waals surface area contributed by atoms with Crippen LogP contribution in [0.2, 0.25) is 0 Å². The van der Waals surface area contributed by atoms with E-state index in [4.69, 9.17) is 9.72 Å². The molecule has 1 fully saturated rings. The highest BCUT2D eigenvalue weighted by Crippen LogP contribution is 2.22. The first-order valence-corrected chi connectivity index (χ1v) is 12.9. The Morgan fingerprint density at radius 2 is 1.68 bits per heavy atom. The molecule has 1 heterocycles. The maximum absolute atomic E-state index is 13.3. The zero-order chi connectivity index (χ0) is 25.6. The van der Waals surface area contributed by atoms with Crippen LogP contribution in [0.4, 0.5) is 5.69 Å². The van der Waals surface area contributed by atoms with E-state index in [2.05, 4.69) is 5.32 Å². The summed E-state index contributed by atoms with van der Waals surface area (Å²) in [5, 5.41) is 14.5. The van der Waals surface area contributed by atoms with E-state index in [1.807, 2.05) is 48.5 Å². The van der Waals surface area contributed by atoms with E-state index in [0.29, 0.717) is 22.3 Å². The van der Waals surface area contributed by atoms with Crippen molar-refractivity contribution in [2.45, 2.75) is 50.9 Å². The molecule has 0 saturated heterocycles. The van der Waals surface area contributed by atoms with E-state index in [1.54, 1.807) is 30.3 Å². The van der Waals surface area contributed by atoms with E-state index >= 15 is 0 Å². The lowest BCUT2D eigenvalue weighted by molar-refractivity contribution is 0.0211. The van der Waals surface area contributed by atoms with Gasteiger partial charge < -0.3 is 15.2 Å². The van der Waals surface area contributed by atoms with E-state index in [9.17, 15) is 14.7 Å². The van der Waals surface area contributed by atoms with E-state index < -0.39 is 6.10 Å². The molecule has 37 heavy (non-hydrogen) atoms. The van der Waals surface area contributed by atoms with Crippen LogP contribution in [-0.2, 0) is 11.3 Å². The Morgan fingerprint density at radius 3 is 2.43 bits per heavy atom. The molecule has 3 aromatic carbocycles. The van der Waals surface area contributed by atoms with Crippen molar-refractivity contribution in [3.05, 3.63) is 94.8 Å². The lowest BCUT2D eigenvalue weighted by Crippen LogP contribution is -2.32. The minimum atomic E-state index is -0.848. The third kappa shape index (κ3) is 5.89. The van der Waals surface area contributed by atoms with Gasteiger partial charge in [0.2, 0.25) is 0 Å². The van der Waals surface area contributed by atoms with Gasteiger partial charge in [0.1, 0.15) is 11.9 Å². The summed E-state index contributed by atoms with van der Waals surface area (Å²) < 4.78 is 7.17. The van der Waals surface area contributed by atoms with Crippen molar-refractivity contribution in [2.75, 3.05) is 11.9 Å². The summed E-state index contributed by atoms with van der Waals surface area (Å²) in [5.74, 6) is 0.222. The van der Waals surface area contributed by atoms with Gasteiger partial charge in [0, 0.05) is 17.8 Å². The van der Waals surface area contributed by atoms with Gasteiger partial charge in [-0.2, -0.15) is 0 Å². The van der Waals surface area contributed by atoms with E-state index in [0.717, 1.165) is 36.9 Å². The number of nitrogens with zero attached hydrogens (tertiary/aromatic N) is 2. The normalized spacial score (nSPS) is 14.8. The van der Waals surface area contributed by atoms with Gasteiger partial charge in [0.25, 0.3) is 5.56 Å². The molecule has 1 aromatic heterocycles. The topological polar surface area (TPSA) is 93.4 Å². The molecule has 1 aliphatic rings. The molecule has 5 rings (SSSR count). The maximum atomic E-state index is 13.3. The fourth-order valence-corrected chi connectivity index (χ4v) is 4.78. The van der Waals surface area contributed by atoms with Crippen LogP contribution in [0.25, 0.3) is 22.3 Å². The van der Waals surface area contributed by atoms with Crippen molar-refractivity contribution in [2.24, 2.45) is 0 Å². The molecule has 0 radical (unpaired) electrons. The highest BCUT2D eigenvalue weighted by molar-refractivity contribution is 5.90. The van der Waals surface area contributed by atoms with Gasteiger partial charge in [-0.15, -0.1) is 0 Å². The van der Waals surface area contributed by atoms with Crippen LogP contribution in [0.1, 0.15) is 42.5 Å². The molecule has 7 heteroatoms. The molecule has 0 amide bonds. The van der Waals surface area contributed by atoms with Gasteiger partial charge in [-0.3, -0.25) is 9.36 Å². The number of anilines is 1. The molecular formula is C30H31N3O4. The molecule has 1 saturated carbocycles. The number of carbonyl (C=O) groups excluding carboxylic acids is 1. The molecular weight excluding hydrogens is 466 g/mol. The van der Waals surface area contributed by atoms with Gasteiger partial charge in [0.15, 0.2) is 0 Å². The molecule has 4 aromatic rings. The molecule has 0 spiro atoms. The summed E-state index contributed by atoms with van der Waals surface area (Å²) in [6.07, 6.45) is 4.46. The summed E-state index contributed by atoms with van der Waals surface area (Å²) in [7, 11) is 0. The summed E-state index contributed by atoms with van der Waals surface area (Å²) in [6.45, 7) is 0.305. The monoisotopic (exact) mass is 497 g/mol. The molecule has 0 bridgehead atoms. The minimum absolute atomic E-state index is 0.0166. The number of hydrogen-bond donors (Lipinski definition) is 2. The summed E-state index contributed by atoms with van der Waals surface area (Å²) in [6, 6.07) is 23.8. The Balaban J connectivity index is 1.26. The lowest BCUT2D eigenvalue weighted by Gasteiger charge is -2.21. The first-order valence-electron chi connectivity index (χ1n) is 12.9. The quantitative estimate of drug-likeness (QED) is 0.332. The molecule has 7 nitrogen and oxygen atoms in total. The highest BCUT2D eigenvalue weighted by atomic mass is 16.5. The van der Waals surface area contributed by atoms with Crippen molar-refractivity contribution in [1.82, 2.24) is 9.55 Å². The molecule has 0 aliphatic heterocycles. The number of fused-ring (bicyclic) bond motifs is 1. The lowest BCUT2D eigenvalue weighted by atomic mass is 9.98. The van der Waals surface area contributed by atoms with Gasteiger partial charge >= 0.3 is 5.97 Å². The van der Waals surface area contributed by atoms with E-state index in [1.165, 1.54) is 11.0 Å². The number of para-hydroxylation sites is 1. The molecule has 190 valence electrons. The van der Waals surface area contributed by atoms with E-state index in [-0.39, 0.29) is 30.7 Å². The van der Waals surface area contributed by atoms with Crippen LogP contribution in [0, 0.1) is 0 Å². The largest absolute Gasteiger partial charge is 0.459 e. The Labute approximate surface area is 215 Å². The average molecular weight is 498 g/mol. The summed E-state index contributed by atoms with van der Waals surface area (Å²) in [4.78, 5) is 30.5. The fourth-order valence-electron chi connectivity index (χ4n) is 4.78. The second-order valence-corrected chi connectivity index (χ2v) is 9.51. The van der Waals surface area contributed by atoms with Crippen LogP contribution in [0.15, 0.2) is 83.7 Å².